The highest BCUT2D eigenvalue weighted by molar-refractivity contribution is 5.65. The summed E-state index contributed by atoms with van der Waals surface area (Å²) in [5.41, 5.74) is 1.12. The van der Waals surface area contributed by atoms with Gasteiger partial charge in [-0.1, -0.05) is 64.0 Å². The van der Waals surface area contributed by atoms with Crippen LogP contribution in [-0.4, -0.2) is 0 Å². The fourth-order valence-corrected chi connectivity index (χ4v) is 6.31. The number of benzene rings is 2. The Morgan fingerprint density at radius 2 is 1.41 bits per heavy atom. The van der Waals surface area contributed by atoms with Gasteiger partial charge >= 0.3 is 0 Å². The molecule has 0 saturated heterocycles. The van der Waals surface area contributed by atoms with E-state index in [-0.39, 0.29) is 11.5 Å². The van der Waals surface area contributed by atoms with Gasteiger partial charge in [-0.15, -0.1) is 0 Å². The lowest BCUT2D eigenvalue weighted by Crippen LogP contribution is -2.30. The first-order chi connectivity index (χ1) is 15.5. The molecule has 0 bridgehead atoms. The van der Waals surface area contributed by atoms with Crippen molar-refractivity contribution in [2.45, 2.75) is 89.9 Å². The van der Waals surface area contributed by atoms with Crippen LogP contribution in [0.3, 0.4) is 0 Å². The quantitative estimate of drug-likeness (QED) is 0.357. The van der Waals surface area contributed by atoms with E-state index in [0.29, 0.717) is 11.5 Å². The lowest BCUT2D eigenvalue weighted by molar-refractivity contribution is 0.113. The van der Waals surface area contributed by atoms with Gasteiger partial charge in [0.05, 0.1) is 5.56 Å². The van der Waals surface area contributed by atoms with Crippen molar-refractivity contribution < 1.29 is 13.2 Å². The summed E-state index contributed by atoms with van der Waals surface area (Å²) in [7, 11) is 0. The minimum Gasteiger partial charge on any atom is -0.207 e. The van der Waals surface area contributed by atoms with Gasteiger partial charge in [0.2, 0.25) is 0 Å². The summed E-state index contributed by atoms with van der Waals surface area (Å²) in [6.45, 7) is 2.26. The molecule has 2 aliphatic carbocycles. The number of hydrogen-bond acceptors (Lipinski definition) is 0. The molecule has 0 spiro atoms. The molecule has 1 unspecified atom stereocenters. The first kappa shape index (κ1) is 23.4. The van der Waals surface area contributed by atoms with Gasteiger partial charge in [-0.25, -0.2) is 13.2 Å². The van der Waals surface area contributed by atoms with Crippen LogP contribution in [0.25, 0.3) is 11.1 Å². The number of unbranched alkanes of at least 4 members (excludes halogenated alkanes) is 4. The van der Waals surface area contributed by atoms with Crippen LogP contribution in [0.4, 0.5) is 13.2 Å². The molecule has 2 fully saturated rings. The fourth-order valence-electron chi connectivity index (χ4n) is 6.31. The van der Waals surface area contributed by atoms with Gasteiger partial charge in [0, 0.05) is 0 Å². The molecule has 0 amide bonds. The minimum absolute atomic E-state index is 0.0538. The van der Waals surface area contributed by atoms with E-state index < -0.39 is 17.5 Å². The van der Waals surface area contributed by atoms with E-state index in [2.05, 4.69) is 6.92 Å². The fraction of sp³-hybridized carbons (Fsp3) is 0.586. The Hall–Kier alpha value is -1.77. The van der Waals surface area contributed by atoms with Gasteiger partial charge in [0.1, 0.15) is 17.5 Å². The molecule has 4 rings (SSSR count). The molecule has 0 aliphatic heterocycles. The zero-order valence-electron chi connectivity index (χ0n) is 19.4. The van der Waals surface area contributed by atoms with E-state index in [9.17, 15) is 13.2 Å². The normalized spacial score (nSPS) is 25.5. The maximum atomic E-state index is 14.9. The Kier molecular flexibility index (Phi) is 7.97. The molecule has 0 radical (unpaired) electrons. The Bertz CT molecular complexity index is 849. The molecule has 3 heteroatoms. The van der Waals surface area contributed by atoms with Crippen molar-refractivity contribution in [3.63, 3.8) is 0 Å². The van der Waals surface area contributed by atoms with Crippen molar-refractivity contribution in [1.29, 1.82) is 0 Å². The van der Waals surface area contributed by atoms with Gasteiger partial charge in [-0.05, 0) is 91.2 Å². The highest BCUT2D eigenvalue weighted by atomic mass is 19.1. The van der Waals surface area contributed by atoms with Gasteiger partial charge in [0.25, 0.3) is 0 Å². The highest BCUT2D eigenvalue weighted by Gasteiger charge is 2.36. The standard InChI is InChI=1S/C29H37F3/c1-2-3-4-5-6-7-20-8-9-23-17-24(11-10-22(23)16-20)25-18-27(31)29(28(32)19-25)21-12-14-26(30)15-13-21/h12-15,18-20,22-24H,2-11,16-17H2,1H3/t20?,22-,23-,24-/m1/s1. The third-order valence-corrected chi connectivity index (χ3v) is 8.11. The second kappa shape index (κ2) is 10.9. The maximum absolute atomic E-state index is 14.9. The predicted molar refractivity (Wildman–Crippen MR) is 126 cm³/mol. The summed E-state index contributed by atoms with van der Waals surface area (Å²) >= 11 is 0. The van der Waals surface area contributed by atoms with Crippen LogP contribution in [0.2, 0.25) is 0 Å². The van der Waals surface area contributed by atoms with Gasteiger partial charge < -0.3 is 0 Å². The number of fused-ring (bicyclic) bond motifs is 1. The van der Waals surface area contributed by atoms with E-state index in [1.165, 1.54) is 101 Å². The van der Waals surface area contributed by atoms with E-state index in [0.717, 1.165) is 30.2 Å². The number of halogens is 3. The molecule has 2 aliphatic rings. The SMILES string of the molecule is CCCCCCCC1CC[C@@H]2C[C@H](c3cc(F)c(-c4ccc(F)cc4)c(F)c3)CC[C@@H]2C1. The van der Waals surface area contributed by atoms with Crippen molar-refractivity contribution in [2.24, 2.45) is 17.8 Å². The van der Waals surface area contributed by atoms with Crippen LogP contribution in [0.15, 0.2) is 36.4 Å². The lowest BCUT2D eigenvalue weighted by atomic mass is 9.63. The smallest absolute Gasteiger partial charge is 0.134 e. The zero-order chi connectivity index (χ0) is 22.5. The van der Waals surface area contributed by atoms with Gasteiger partial charge in [-0.3, -0.25) is 0 Å². The summed E-state index contributed by atoms with van der Waals surface area (Å²) < 4.78 is 43.0. The second-order valence-electron chi connectivity index (χ2n) is 10.3. The number of hydrogen-bond donors (Lipinski definition) is 0. The van der Waals surface area contributed by atoms with E-state index in [1.54, 1.807) is 0 Å². The minimum atomic E-state index is -0.541. The monoisotopic (exact) mass is 442 g/mol. The first-order valence-electron chi connectivity index (χ1n) is 12.8. The van der Waals surface area contributed by atoms with Crippen molar-refractivity contribution in [3.8, 4) is 11.1 Å². The number of rotatable bonds is 8. The average molecular weight is 443 g/mol. The molecule has 0 aromatic heterocycles. The average Bonchev–Trinajstić information content (AvgIpc) is 2.79. The summed E-state index contributed by atoms with van der Waals surface area (Å²) in [4.78, 5) is 0. The Balaban J connectivity index is 1.35. The third kappa shape index (κ3) is 5.58. The maximum Gasteiger partial charge on any atom is 0.134 e. The first-order valence-corrected chi connectivity index (χ1v) is 12.8. The molecule has 32 heavy (non-hydrogen) atoms. The van der Waals surface area contributed by atoms with E-state index >= 15 is 0 Å². The molecule has 2 aromatic rings. The molecule has 174 valence electrons. The molecular formula is C29H37F3. The van der Waals surface area contributed by atoms with E-state index in [1.807, 2.05) is 0 Å². The van der Waals surface area contributed by atoms with Crippen molar-refractivity contribution in [1.82, 2.24) is 0 Å². The zero-order valence-corrected chi connectivity index (χ0v) is 19.4. The topological polar surface area (TPSA) is 0 Å². The molecule has 0 N–H and O–H groups in total. The summed E-state index contributed by atoms with van der Waals surface area (Å²) in [5.74, 6) is 1.14. The molecule has 4 atom stereocenters. The summed E-state index contributed by atoms with van der Waals surface area (Å²) in [6, 6.07) is 8.40. The molecule has 2 saturated carbocycles. The summed E-state index contributed by atoms with van der Waals surface area (Å²) in [6.07, 6.45) is 15.4. The third-order valence-electron chi connectivity index (χ3n) is 8.11. The van der Waals surface area contributed by atoms with Crippen molar-refractivity contribution in [3.05, 3.63) is 59.4 Å². The molecule has 0 nitrogen and oxygen atoms in total. The van der Waals surface area contributed by atoms with Crippen LogP contribution >= 0.6 is 0 Å². The Morgan fingerprint density at radius 1 is 0.750 bits per heavy atom. The van der Waals surface area contributed by atoms with Crippen LogP contribution in [-0.2, 0) is 0 Å². The predicted octanol–water partition coefficient (Wildman–Crippen LogP) is 9.43. The molecule has 0 heterocycles. The Morgan fingerprint density at radius 3 is 2.12 bits per heavy atom. The lowest BCUT2D eigenvalue weighted by Gasteiger charge is -2.42. The molecular weight excluding hydrogens is 405 g/mol. The van der Waals surface area contributed by atoms with E-state index in [4.69, 9.17) is 0 Å². The highest BCUT2D eigenvalue weighted by Crippen LogP contribution is 2.49. The second-order valence-corrected chi connectivity index (χ2v) is 10.3. The summed E-state index contributed by atoms with van der Waals surface area (Å²) in [5, 5.41) is 0. The van der Waals surface area contributed by atoms with Crippen LogP contribution in [0, 0.1) is 35.2 Å². The van der Waals surface area contributed by atoms with Crippen LogP contribution in [0.1, 0.15) is 95.5 Å². The van der Waals surface area contributed by atoms with Gasteiger partial charge in [0.15, 0.2) is 0 Å². The largest absolute Gasteiger partial charge is 0.207 e. The Labute approximate surface area is 191 Å². The van der Waals surface area contributed by atoms with Crippen LogP contribution in [0.5, 0.6) is 0 Å². The van der Waals surface area contributed by atoms with Gasteiger partial charge in [-0.2, -0.15) is 0 Å². The van der Waals surface area contributed by atoms with Crippen LogP contribution < -0.4 is 0 Å². The molecule has 2 aromatic carbocycles. The van der Waals surface area contributed by atoms with Crippen molar-refractivity contribution >= 4 is 0 Å². The van der Waals surface area contributed by atoms with Crippen molar-refractivity contribution in [2.75, 3.05) is 0 Å².